The molecule has 0 saturated carbocycles. The maximum atomic E-state index is 12.4. The van der Waals surface area contributed by atoms with E-state index in [1.165, 1.54) is 21.8 Å². The van der Waals surface area contributed by atoms with Gasteiger partial charge in [0.05, 0.1) is 13.3 Å². The molecule has 2 aromatic heterocycles. The van der Waals surface area contributed by atoms with Gasteiger partial charge in [-0.15, -0.1) is 0 Å². The Bertz CT molecular complexity index is 995. The van der Waals surface area contributed by atoms with Crippen LogP contribution in [0.15, 0.2) is 40.0 Å². The first-order valence-electron chi connectivity index (χ1n) is 7.46. The first kappa shape index (κ1) is 17.2. The topological polar surface area (TPSA) is 91.0 Å². The van der Waals surface area contributed by atoms with Gasteiger partial charge in [-0.3, -0.25) is 18.8 Å². The second-order valence-corrected chi connectivity index (χ2v) is 6.33. The molecule has 3 rings (SSSR count). The zero-order chi connectivity index (χ0) is 18.0. The quantitative estimate of drug-likeness (QED) is 0.688. The van der Waals surface area contributed by atoms with E-state index in [2.05, 4.69) is 31.3 Å². The van der Waals surface area contributed by atoms with Crippen LogP contribution >= 0.6 is 15.9 Å². The van der Waals surface area contributed by atoms with Gasteiger partial charge in [0.1, 0.15) is 24.0 Å². The van der Waals surface area contributed by atoms with Gasteiger partial charge in [0, 0.05) is 23.6 Å². The van der Waals surface area contributed by atoms with Crippen molar-refractivity contribution in [2.45, 2.75) is 13.1 Å². The third kappa shape index (κ3) is 3.55. The highest BCUT2D eigenvalue weighted by molar-refractivity contribution is 9.10. The zero-order valence-corrected chi connectivity index (χ0v) is 15.3. The number of carbonyl (C=O) groups is 1. The number of ether oxygens (including phenoxy) is 1. The molecule has 0 unspecified atom stereocenters. The van der Waals surface area contributed by atoms with Crippen LogP contribution in [-0.2, 0) is 24.9 Å². The summed E-state index contributed by atoms with van der Waals surface area (Å²) in [6.07, 6.45) is 2.80. The average molecular weight is 406 g/mol. The number of aryl methyl sites for hydroxylation is 1. The minimum atomic E-state index is -0.298. The summed E-state index contributed by atoms with van der Waals surface area (Å²) in [5, 5.41) is 7.16. The van der Waals surface area contributed by atoms with Crippen LogP contribution in [0.2, 0.25) is 0 Å². The van der Waals surface area contributed by atoms with Crippen LogP contribution in [-0.4, -0.2) is 32.3 Å². The van der Waals surface area contributed by atoms with E-state index in [1.54, 1.807) is 14.2 Å². The molecule has 0 fully saturated rings. The standard InChI is InChI=1S/C16H16BrN5O3/c1-21-15-12(7-20-21)16(24)22(9-19-15)8-14(23)18-6-10-5-11(17)3-4-13(10)25-2/h3-5,7,9H,6,8H2,1-2H3,(H,18,23). The van der Waals surface area contributed by atoms with Crippen LogP contribution in [0.4, 0.5) is 0 Å². The molecule has 0 aliphatic rings. The second-order valence-electron chi connectivity index (χ2n) is 5.42. The molecule has 25 heavy (non-hydrogen) atoms. The molecule has 0 radical (unpaired) electrons. The maximum absolute atomic E-state index is 12.4. The number of methoxy groups -OCH3 is 1. The summed E-state index contributed by atoms with van der Waals surface area (Å²) in [6, 6.07) is 5.54. The molecule has 0 saturated heterocycles. The van der Waals surface area contributed by atoms with Crippen LogP contribution in [0.25, 0.3) is 11.0 Å². The Hall–Kier alpha value is -2.68. The zero-order valence-electron chi connectivity index (χ0n) is 13.7. The van der Waals surface area contributed by atoms with E-state index in [4.69, 9.17) is 4.74 Å². The minimum absolute atomic E-state index is 0.118. The van der Waals surface area contributed by atoms with Gasteiger partial charge in [-0.2, -0.15) is 5.10 Å². The van der Waals surface area contributed by atoms with Crippen molar-refractivity contribution in [2.24, 2.45) is 7.05 Å². The lowest BCUT2D eigenvalue weighted by Crippen LogP contribution is -2.32. The number of hydrogen-bond donors (Lipinski definition) is 1. The van der Waals surface area contributed by atoms with Crippen molar-refractivity contribution in [2.75, 3.05) is 7.11 Å². The third-order valence-electron chi connectivity index (χ3n) is 3.75. The lowest BCUT2D eigenvalue weighted by molar-refractivity contribution is -0.121. The summed E-state index contributed by atoms with van der Waals surface area (Å²) in [7, 11) is 3.28. The number of fused-ring (bicyclic) bond motifs is 1. The predicted molar refractivity (Wildman–Crippen MR) is 95.3 cm³/mol. The Balaban J connectivity index is 1.72. The van der Waals surface area contributed by atoms with Gasteiger partial charge in [-0.1, -0.05) is 15.9 Å². The van der Waals surface area contributed by atoms with Gasteiger partial charge >= 0.3 is 0 Å². The molecule has 0 aliphatic heterocycles. The Labute approximate surface area is 151 Å². The summed E-state index contributed by atoms with van der Waals surface area (Å²) in [6.45, 7) is 0.172. The fraction of sp³-hybridized carbons (Fsp3) is 0.250. The van der Waals surface area contributed by atoms with Gasteiger partial charge in [-0.25, -0.2) is 4.98 Å². The number of carbonyl (C=O) groups excluding carboxylic acids is 1. The second kappa shape index (κ2) is 7.06. The number of amides is 1. The van der Waals surface area contributed by atoms with Crippen molar-refractivity contribution in [1.29, 1.82) is 0 Å². The molecular weight excluding hydrogens is 390 g/mol. The summed E-state index contributed by atoms with van der Waals surface area (Å²) < 4.78 is 8.94. The fourth-order valence-corrected chi connectivity index (χ4v) is 2.88. The molecular formula is C16H16BrN5O3. The Morgan fingerprint density at radius 3 is 2.96 bits per heavy atom. The van der Waals surface area contributed by atoms with E-state index < -0.39 is 0 Å². The molecule has 0 aliphatic carbocycles. The van der Waals surface area contributed by atoms with Gasteiger partial charge < -0.3 is 10.1 Å². The maximum Gasteiger partial charge on any atom is 0.264 e. The molecule has 2 heterocycles. The fourth-order valence-electron chi connectivity index (χ4n) is 2.47. The number of nitrogens with zero attached hydrogens (tertiary/aromatic N) is 4. The third-order valence-corrected chi connectivity index (χ3v) is 4.24. The summed E-state index contributed by atoms with van der Waals surface area (Å²) in [5.41, 5.74) is 1.02. The number of benzene rings is 1. The van der Waals surface area contributed by atoms with E-state index in [-0.39, 0.29) is 18.0 Å². The van der Waals surface area contributed by atoms with Crippen molar-refractivity contribution >= 4 is 32.9 Å². The normalized spacial score (nSPS) is 10.8. The van der Waals surface area contributed by atoms with E-state index in [0.717, 1.165) is 10.0 Å². The monoisotopic (exact) mass is 405 g/mol. The number of hydrogen-bond acceptors (Lipinski definition) is 5. The first-order chi connectivity index (χ1) is 12.0. The molecule has 1 N–H and O–H groups in total. The van der Waals surface area contributed by atoms with Gasteiger partial charge in [-0.05, 0) is 18.2 Å². The van der Waals surface area contributed by atoms with Crippen molar-refractivity contribution < 1.29 is 9.53 Å². The summed E-state index contributed by atoms with van der Waals surface area (Å²) in [4.78, 5) is 28.7. The predicted octanol–water partition coefficient (Wildman–Crippen LogP) is 1.22. The van der Waals surface area contributed by atoms with Crippen LogP contribution in [0.5, 0.6) is 5.75 Å². The number of nitrogens with one attached hydrogen (secondary N) is 1. The molecule has 3 aromatic rings. The van der Waals surface area contributed by atoms with Gasteiger partial charge in [0.2, 0.25) is 5.91 Å². The highest BCUT2D eigenvalue weighted by Crippen LogP contribution is 2.22. The van der Waals surface area contributed by atoms with E-state index in [0.29, 0.717) is 23.3 Å². The van der Waals surface area contributed by atoms with Gasteiger partial charge in [0.25, 0.3) is 5.56 Å². The molecule has 130 valence electrons. The first-order valence-corrected chi connectivity index (χ1v) is 8.25. The average Bonchev–Trinajstić information content (AvgIpc) is 2.97. The van der Waals surface area contributed by atoms with Crippen LogP contribution in [0.1, 0.15) is 5.56 Å². The van der Waals surface area contributed by atoms with Crippen molar-refractivity contribution in [3.8, 4) is 5.75 Å². The Morgan fingerprint density at radius 2 is 2.20 bits per heavy atom. The molecule has 8 nitrogen and oxygen atoms in total. The van der Waals surface area contributed by atoms with Crippen molar-refractivity contribution in [3.63, 3.8) is 0 Å². The van der Waals surface area contributed by atoms with Crippen molar-refractivity contribution in [3.05, 3.63) is 51.1 Å². The molecule has 1 amide bonds. The molecule has 9 heteroatoms. The number of halogens is 1. The number of aromatic nitrogens is 4. The minimum Gasteiger partial charge on any atom is -0.496 e. The molecule has 1 aromatic carbocycles. The van der Waals surface area contributed by atoms with E-state index in [9.17, 15) is 9.59 Å². The SMILES string of the molecule is COc1ccc(Br)cc1CNC(=O)Cn1cnc2c(cnn2C)c1=O. The molecule has 0 atom stereocenters. The summed E-state index contributed by atoms with van der Waals surface area (Å²) >= 11 is 3.39. The van der Waals surface area contributed by atoms with Crippen LogP contribution < -0.4 is 15.6 Å². The highest BCUT2D eigenvalue weighted by Gasteiger charge is 2.11. The highest BCUT2D eigenvalue weighted by atomic mass is 79.9. The lowest BCUT2D eigenvalue weighted by atomic mass is 10.2. The van der Waals surface area contributed by atoms with E-state index >= 15 is 0 Å². The summed E-state index contributed by atoms with van der Waals surface area (Å²) in [5.74, 6) is 0.383. The Kier molecular flexibility index (Phi) is 4.84. The van der Waals surface area contributed by atoms with Crippen LogP contribution in [0, 0.1) is 0 Å². The smallest absolute Gasteiger partial charge is 0.264 e. The number of rotatable bonds is 5. The van der Waals surface area contributed by atoms with Crippen molar-refractivity contribution in [1.82, 2.24) is 24.6 Å². The lowest BCUT2D eigenvalue weighted by Gasteiger charge is -2.11. The van der Waals surface area contributed by atoms with Gasteiger partial charge in [0.15, 0.2) is 5.65 Å². The largest absolute Gasteiger partial charge is 0.496 e. The van der Waals surface area contributed by atoms with Crippen LogP contribution in [0.3, 0.4) is 0 Å². The molecule has 0 spiro atoms. The van der Waals surface area contributed by atoms with E-state index in [1.807, 2.05) is 18.2 Å². The Morgan fingerprint density at radius 1 is 1.40 bits per heavy atom. The molecule has 0 bridgehead atoms.